The minimum absolute atomic E-state index is 0.102. The number of piperidine rings is 2. The third kappa shape index (κ3) is 5.85. The molecule has 4 heterocycles. The zero-order chi connectivity index (χ0) is 22.4. The van der Waals surface area contributed by atoms with Gasteiger partial charge in [0.25, 0.3) is 6.47 Å². The molecule has 1 atom stereocenters. The van der Waals surface area contributed by atoms with Crippen LogP contribution < -0.4 is 4.90 Å². The third-order valence-electron chi connectivity index (χ3n) is 6.55. The standard InChI is InChI=1S/C20H28ClN3O4.CH2O2/c21-17-9-14(19(26)27)11-22-18(17)23-5-3-20(4-6-23)10-16(25)12-24(13-20)15-1-7-28-8-2-15;2-1-3/h9,11,15-16,25H,1-8,10,12-13H2,(H,26,27);1H,(H,2,3). The lowest BCUT2D eigenvalue weighted by Crippen LogP contribution is -2.57. The number of nitrogens with zero attached hydrogens (tertiary/aromatic N) is 3. The summed E-state index contributed by atoms with van der Waals surface area (Å²) in [4.78, 5) is 28.4. The minimum atomic E-state index is -1.03. The number of aromatic nitrogens is 1. The molecular formula is C21H30ClN3O6. The van der Waals surface area contributed by atoms with Crippen molar-refractivity contribution in [3.8, 4) is 0 Å². The van der Waals surface area contributed by atoms with Crippen LogP contribution in [0.2, 0.25) is 5.02 Å². The van der Waals surface area contributed by atoms with E-state index in [0.717, 1.165) is 71.5 Å². The van der Waals surface area contributed by atoms with Crippen molar-refractivity contribution in [2.75, 3.05) is 44.3 Å². The molecule has 1 aromatic heterocycles. The Bertz CT molecular complexity index is 765. The smallest absolute Gasteiger partial charge is 0.337 e. The average molecular weight is 456 g/mol. The molecule has 0 bridgehead atoms. The quantitative estimate of drug-likeness (QED) is 0.586. The highest BCUT2D eigenvalue weighted by atomic mass is 35.5. The fraction of sp³-hybridized carbons (Fsp3) is 0.667. The number of likely N-dealkylation sites (tertiary alicyclic amines) is 1. The highest BCUT2D eigenvalue weighted by molar-refractivity contribution is 6.33. The second-order valence-electron chi connectivity index (χ2n) is 8.56. The van der Waals surface area contributed by atoms with Crippen molar-refractivity contribution < 1.29 is 29.6 Å². The average Bonchev–Trinajstić information content (AvgIpc) is 2.75. The lowest BCUT2D eigenvalue weighted by atomic mass is 9.71. The van der Waals surface area contributed by atoms with Gasteiger partial charge in [0.2, 0.25) is 0 Å². The predicted octanol–water partition coefficient (Wildman–Crippen LogP) is 1.97. The van der Waals surface area contributed by atoms with E-state index >= 15 is 0 Å². The number of aliphatic hydroxyl groups is 1. The van der Waals surface area contributed by atoms with Gasteiger partial charge in [-0.05, 0) is 43.6 Å². The number of aliphatic hydroxyl groups excluding tert-OH is 1. The zero-order valence-corrected chi connectivity index (χ0v) is 18.2. The molecule has 3 saturated heterocycles. The monoisotopic (exact) mass is 455 g/mol. The largest absolute Gasteiger partial charge is 0.483 e. The summed E-state index contributed by atoms with van der Waals surface area (Å²) in [6.07, 6.45) is 5.98. The van der Waals surface area contributed by atoms with Gasteiger partial charge >= 0.3 is 5.97 Å². The van der Waals surface area contributed by atoms with Crippen LogP contribution in [-0.2, 0) is 9.53 Å². The number of hydrogen-bond acceptors (Lipinski definition) is 7. The molecule has 3 fully saturated rings. The van der Waals surface area contributed by atoms with Gasteiger partial charge in [0.15, 0.2) is 0 Å². The first kappa shape index (κ1) is 23.7. The molecule has 10 heteroatoms. The number of hydrogen-bond donors (Lipinski definition) is 3. The molecule has 0 aliphatic carbocycles. The summed E-state index contributed by atoms with van der Waals surface area (Å²) < 4.78 is 5.50. The van der Waals surface area contributed by atoms with Crippen molar-refractivity contribution >= 4 is 29.9 Å². The Morgan fingerprint density at radius 1 is 1.29 bits per heavy atom. The number of carbonyl (C=O) groups is 2. The van der Waals surface area contributed by atoms with Gasteiger partial charge in [0.05, 0.1) is 16.7 Å². The molecule has 1 unspecified atom stereocenters. The van der Waals surface area contributed by atoms with Crippen molar-refractivity contribution in [3.63, 3.8) is 0 Å². The Kier molecular flexibility index (Phi) is 8.10. The van der Waals surface area contributed by atoms with Crippen LogP contribution in [0.15, 0.2) is 12.3 Å². The van der Waals surface area contributed by atoms with Gasteiger partial charge in [0.1, 0.15) is 5.82 Å². The van der Waals surface area contributed by atoms with E-state index in [1.165, 1.54) is 12.3 Å². The summed E-state index contributed by atoms with van der Waals surface area (Å²) in [6.45, 7) is 4.80. The molecule has 4 rings (SSSR count). The number of carboxylic acids is 1. The lowest BCUT2D eigenvalue weighted by Gasteiger charge is -2.51. The van der Waals surface area contributed by atoms with Crippen LogP contribution in [0.4, 0.5) is 5.82 Å². The van der Waals surface area contributed by atoms with Crippen molar-refractivity contribution in [1.29, 1.82) is 0 Å². The summed E-state index contributed by atoms with van der Waals surface area (Å²) in [6, 6.07) is 1.98. The topological polar surface area (TPSA) is 123 Å². The molecule has 1 spiro atoms. The Hall–Kier alpha value is -1.94. The highest BCUT2D eigenvalue weighted by Gasteiger charge is 2.43. The normalized spacial score (nSPS) is 24.3. The van der Waals surface area contributed by atoms with Gasteiger partial charge in [-0.25, -0.2) is 9.78 Å². The predicted molar refractivity (Wildman–Crippen MR) is 115 cm³/mol. The highest BCUT2D eigenvalue weighted by Crippen LogP contribution is 2.42. The van der Waals surface area contributed by atoms with E-state index in [1.807, 2.05) is 0 Å². The molecule has 172 valence electrons. The maximum Gasteiger partial charge on any atom is 0.337 e. The zero-order valence-electron chi connectivity index (χ0n) is 17.5. The van der Waals surface area contributed by atoms with Gasteiger partial charge in [-0.15, -0.1) is 0 Å². The molecule has 0 amide bonds. The fourth-order valence-corrected chi connectivity index (χ4v) is 5.34. The van der Waals surface area contributed by atoms with Gasteiger partial charge in [-0.3, -0.25) is 9.69 Å². The second kappa shape index (κ2) is 10.6. The van der Waals surface area contributed by atoms with E-state index in [2.05, 4.69) is 14.8 Å². The molecular weight excluding hydrogens is 426 g/mol. The van der Waals surface area contributed by atoms with Crippen LogP contribution in [0.25, 0.3) is 0 Å². The first-order chi connectivity index (χ1) is 14.9. The van der Waals surface area contributed by atoms with Crippen LogP contribution >= 0.6 is 11.6 Å². The number of halogens is 1. The number of anilines is 1. The first-order valence-electron chi connectivity index (χ1n) is 10.6. The first-order valence-corrected chi connectivity index (χ1v) is 11.0. The van der Waals surface area contributed by atoms with E-state index in [1.54, 1.807) is 0 Å². The Morgan fingerprint density at radius 3 is 2.52 bits per heavy atom. The number of ether oxygens (including phenoxy) is 1. The van der Waals surface area contributed by atoms with Gasteiger partial charge in [-0.1, -0.05) is 11.6 Å². The minimum Gasteiger partial charge on any atom is -0.483 e. The summed E-state index contributed by atoms with van der Waals surface area (Å²) in [5, 5.41) is 26.9. The summed E-state index contributed by atoms with van der Waals surface area (Å²) in [7, 11) is 0. The van der Waals surface area contributed by atoms with Crippen LogP contribution in [-0.4, -0.2) is 89.2 Å². The molecule has 3 N–H and O–H groups in total. The third-order valence-corrected chi connectivity index (χ3v) is 6.83. The van der Waals surface area contributed by atoms with E-state index in [-0.39, 0.29) is 23.6 Å². The molecule has 3 aliphatic rings. The van der Waals surface area contributed by atoms with Crippen LogP contribution in [0.3, 0.4) is 0 Å². The fourth-order valence-electron chi connectivity index (χ4n) is 5.06. The number of rotatable bonds is 3. The van der Waals surface area contributed by atoms with Gasteiger partial charge < -0.3 is 25.0 Å². The SMILES string of the molecule is O=C(O)c1cnc(N2CCC3(CC2)CC(O)CN(C2CCOCC2)C3)c(Cl)c1.O=CO. The van der Waals surface area contributed by atoms with E-state index in [0.29, 0.717) is 16.9 Å². The van der Waals surface area contributed by atoms with Crippen LogP contribution in [0.5, 0.6) is 0 Å². The number of carboxylic acid groups (broad SMARTS) is 2. The second-order valence-corrected chi connectivity index (χ2v) is 8.97. The maximum atomic E-state index is 11.1. The number of pyridine rings is 1. The van der Waals surface area contributed by atoms with Crippen molar-refractivity contribution in [2.24, 2.45) is 5.41 Å². The van der Waals surface area contributed by atoms with Crippen LogP contribution in [0.1, 0.15) is 42.5 Å². The maximum absolute atomic E-state index is 11.1. The molecule has 3 aliphatic heterocycles. The van der Waals surface area contributed by atoms with Crippen molar-refractivity contribution in [2.45, 2.75) is 44.2 Å². The molecule has 0 saturated carbocycles. The van der Waals surface area contributed by atoms with E-state index in [4.69, 9.17) is 31.3 Å². The molecule has 31 heavy (non-hydrogen) atoms. The Balaban J connectivity index is 0.000000858. The molecule has 0 radical (unpaired) electrons. The van der Waals surface area contributed by atoms with Gasteiger partial charge in [-0.2, -0.15) is 0 Å². The number of β-amino-alcohol motifs (C(OH)–C–C–N with tert-alkyl or cyclic N) is 1. The lowest BCUT2D eigenvalue weighted by molar-refractivity contribution is -0.122. The molecule has 1 aromatic rings. The molecule has 0 aromatic carbocycles. The molecule has 9 nitrogen and oxygen atoms in total. The Morgan fingerprint density at radius 2 is 1.94 bits per heavy atom. The van der Waals surface area contributed by atoms with Crippen LogP contribution in [0, 0.1) is 5.41 Å². The summed E-state index contributed by atoms with van der Waals surface area (Å²) >= 11 is 6.30. The van der Waals surface area contributed by atoms with Crippen molar-refractivity contribution in [1.82, 2.24) is 9.88 Å². The number of aromatic carboxylic acids is 1. The van der Waals surface area contributed by atoms with Gasteiger partial charge in [0, 0.05) is 51.6 Å². The van der Waals surface area contributed by atoms with E-state index < -0.39 is 5.97 Å². The van der Waals surface area contributed by atoms with E-state index in [9.17, 15) is 9.90 Å². The Labute approximate surface area is 186 Å². The summed E-state index contributed by atoms with van der Waals surface area (Å²) in [5.41, 5.74) is 0.227. The summed E-state index contributed by atoms with van der Waals surface area (Å²) in [5.74, 6) is -0.373. The van der Waals surface area contributed by atoms with Crippen molar-refractivity contribution in [3.05, 3.63) is 22.8 Å².